The molecule has 2 aromatic rings. The zero-order valence-corrected chi connectivity index (χ0v) is 13.3. The van der Waals surface area contributed by atoms with Crippen molar-refractivity contribution in [3.05, 3.63) is 90.2 Å². The van der Waals surface area contributed by atoms with Crippen molar-refractivity contribution in [2.75, 3.05) is 0 Å². The maximum atomic E-state index is 4.05. The Bertz CT molecular complexity index is 871. The summed E-state index contributed by atoms with van der Waals surface area (Å²) in [6, 6.07) is 8.63. The summed E-state index contributed by atoms with van der Waals surface area (Å²) in [7, 11) is 0. The van der Waals surface area contributed by atoms with Gasteiger partial charge in [-0.3, -0.25) is 0 Å². The Morgan fingerprint density at radius 2 is 2.04 bits per heavy atom. The lowest BCUT2D eigenvalue weighted by Crippen LogP contribution is -2.05. The average molecular weight is 299 g/mol. The molecule has 2 aliphatic rings. The average Bonchev–Trinajstić information content (AvgIpc) is 2.97. The Balaban J connectivity index is 2.02. The summed E-state index contributed by atoms with van der Waals surface area (Å²) in [5, 5.41) is 1.34. The van der Waals surface area contributed by atoms with E-state index in [0.29, 0.717) is 0 Å². The molecule has 0 saturated carbocycles. The van der Waals surface area contributed by atoms with E-state index in [4.69, 9.17) is 0 Å². The minimum absolute atomic E-state index is 0.267. The minimum atomic E-state index is 0.267. The Morgan fingerprint density at radius 1 is 1.13 bits per heavy atom. The van der Waals surface area contributed by atoms with Gasteiger partial charge in [0.05, 0.1) is 0 Å². The molecule has 1 atom stereocenters. The van der Waals surface area contributed by atoms with Crippen LogP contribution in [0, 0.1) is 5.92 Å². The molecule has 1 nitrogen and oxygen atoms in total. The Hall–Kier alpha value is -2.54. The van der Waals surface area contributed by atoms with E-state index in [1.165, 1.54) is 33.3 Å². The van der Waals surface area contributed by atoms with Crippen molar-refractivity contribution >= 4 is 16.5 Å². The van der Waals surface area contributed by atoms with Crippen LogP contribution in [0.1, 0.15) is 24.1 Å². The molecule has 0 saturated heterocycles. The number of hydrogen-bond acceptors (Lipinski definition) is 0. The molecule has 0 aliphatic heterocycles. The fraction of sp³-hybridized carbons (Fsp3) is 0.182. The van der Waals surface area contributed by atoms with Gasteiger partial charge < -0.3 is 4.98 Å². The quantitative estimate of drug-likeness (QED) is 0.646. The van der Waals surface area contributed by atoms with Gasteiger partial charge in [-0.2, -0.15) is 0 Å². The first-order chi connectivity index (χ1) is 11.4. The molecular formula is C22H21N. The summed E-state index contributed by atoms with van der Waals surface area (Å²) in [5.74, 6) is 0.267. The summed E-state index contributed by atoms with van der Waals surface area (Å²) in [4.78, 5) is 3.69. The van der Waals surface area contributed by atoms with E-state index in [9.17, 15) is 0 Å². The molecule has 0 radical (unpaired) electrons. The molecule has 1 heteroatoms. The van der Waals surface area contributed by atoms with Crippen molar-refractivity contribution in [1.29, 1.82) is 0 Å². The second-order valence-corrected chi connectivity index (χ2v) is 6.18. The highest BCUT2D eigenvalue weighted by molar-refractivity contribution is 5.90. The Morgan fingerprint density at radius 3 is 2.96 bits per heavy atom. The summed E-state index contributed by atoms with van der Waals surface area (Å²) in [6.07, 6.45) is 18.6. The zero-order valence-electron chi connectivity index (χ0n) is 13.3. The SMILES string of the molecule is C=CC1/C=C\C=C/Cc2c([nH]c3ccccc23)C2=C1C=CCC2. The second kappa shape index (κ2) is 5.92. The van der Waals surface area contributed by atoms with Crippen molar-refractivity contribution in [3.8, 4) is 0 Å². The summed E-state index contributed by atoms with van der Waals surface area (Å²) >= 11 is 0. The van der Waals surface area contributed by atoms with Crippen molar-refractivity contribution in [3.63, 3.8) is 0 Å². The molecule has 23 heavy (non-hydrogen) atoms. The highest BCUT2D eigenvalue weighted by Crippen LogP contribution is 2.38. The lowest BCUT2D eigenvalue weighted by molar-refractivity contribution is 0.939. The molecular weight excluding hydrogens is 278 g/mol. The van der Waals surface area contributed by atoms with Crippen molar-refractivity contribution < 1.29 is 0 Å². The van der Waals surface area contributed by atoms with Crippen LogP contribution in [0.25, 0.3) is 16.5 Å². The standard InChI is InChI=1S/C22H21N/c1-2-16-10-4-3-5-13-20-18-12-8-9-15-21(18)23-22(20)19-14-7-6-11-17(16)19/h2-6,8-12,15-16,23H,1,7,13-14H2/b5-3-,10-4-. The van der Waals surface area contributed by atoms with Crippen LogP contribution < -0.4 is 0 Å². The third-order valence-electron chi connectivity index (χ3n) is 4.82. The first-order valence-electron chi connectivity index (χ1n) is 8.34. The van der Waals surface area contributed by atoms with E-state index in [2.05, 4.69) is 72.3 Å². The van der Waals surface area contributed by atoms with Crippen LogP contribution in [-0.4, -0.2) is 4.98 Å². The molecule has 1 heterocycles. The number of fused-ring (bicyclic) bond motifs is 4. The van der Waals surface area contributed by atoms with Crippen LogP contribution >= 0.6 is 0 Å². The van der Waals surface area contributed by atoms with E-state index in [1.807, 2.05) is 6.08 Å². The maximum absolute atomic E-state index is 4.05. The topological polar surface area (TPSA) is 15.8 Å². The molecule has 2 aliphatic carbocycles. The van der Waals surface area contributed by atoms with Crippen LogP contribution in [0.3, 0.4) is 0 Å². The van der Waals surface area contributed by atoms with Crippen LogP contribution in [0.15, 0.2) is 78.9 Å². The van der Waals surface area contributed by atoms with E-state index in [-0.39, 0.29) is 5.92 Å². The lowest BCUT2D eigenvalue weighted by Gasteiger charge is -2.21. The maximum Gasteiger partial charge on any atom is 0.0462 e. The third-order valence-corrected chi connectivity index (χ3v) is 4.82. The number of rotatable bonds is 1. The largest absolute Gasteiger partial charge is 0.355 e. The highest BCUT2D eigenvalue weighted by atomic mass is 14.7. The second-order valence-electron chi connectivity index (χ2n) is 6.18. The predicted octanol–water partition coefficient (Wildman–Crippen LogP) is 5.74. The van der Waals surface area contributed by atoms with E-state index >= 15 is 0 Å². The molecule has 0 spiro atoms. The lowest BCUT2D eigenvalue weighted by atomic mass is 9.84. The normalized spacial score (nSPS) is 23.2. The summed E-state index contributed by atoms with van der Waals surface area (Å²) < 4.78 is 0. The van der Waals surface area contributed by atoms with Gasteiger partial charge in [-0.1, -0.05) is 60.7 Å². The molecule has 1 aromatic carbocycles. The zero-order chi connectivity index (χ0) is 15.6. The number of hydrogen-bond donors (Lipinski definition) is 1. The van der Waals surface area contributed by atoms with Gasteiger partial charge in [0.1, 0.15) is 0 Å². The Kier molecular flexibility index (Phi) is 3.63. The number of allylic oxidation sites excluding steroid dienone is 9. The van der Waals surface area contributed by atoms with Crippen LogP contribution in [-0.2, 0) is 6.42 Å². The van der Waals surface area contributed by atoms with Gasteiger partial charge in [0.2, 0.25) is 0 Å². The van der Waals surface area contributed by atoms with Crippen molar-refractivity contribution in [1.82, 2.24) is 4.98 Å². The van der Waals surface area contributed by atoms with Gasteiger partial charge in [0.25, 0.3) is 0 Å². The number of aromatic amines is 1. The molecule has 0 bridgehead atoms. The molecule has 0 fully saturated rings. The summed E-state index contributed by atoms with van der Waals surface area (Å²) in [6.45, 7) is 4.05. The summed E-state index contributed by atoms with van der Waals surface area (Å²) in [5.41, 5.74) is 6.79. The monoisotopic (exact) mass is 299 g/mol. The number of para-hydroxylation sites is 1. The van der Waals surface area contributed by atoms with Crippen molar-refractivity contribution in [2.24, 2.45) is 5.92 Å². The fourth-order valence-corrected chi connectivity index (χ4v) is 3.69. The van der Waals surface area contributed by atoms with E-state index in [1.54, 1.807) is 0 Å². The fourth-order valence-electron chi connectivity index (χ4n) is 3.69. The van der Waals surface area contributed by atoms with Crippen LogP contribution in [0.4, 0.5) is 0 Å². The van der Waals surface area contributed by atoms with E-state index < -0.39 is 0 Å². The number of nitrogens with one attached hydrogen (secondary N) is 1. The smallest absolute Gasteiger partial charge is 0.0462 e. The number of benzene rings is 1. The number of H-pyrrole nitrogens is 1. The van der Waals surface area contributed by atoms with Gasteiger partial charge in [0, 0.05) is 22.5 Å². The van der Waals surface area contributed by atoms with Crippen LogP contribution in [0.5, 0.6) is 0 Å². The molecule has 1 aromatic heterocycles. The molecule has 114 valence electrons. The molecule has 1 N–H and O–H groups in total. The molecule has 1 unspecified atom stereocenters. The van der Waals surface area contributed by atoms with Gasteiger partial charge >= 0.3 is 0 Å². The van der Waals surface area contributed by atoms with Crippen LogP contribution in [0.2, 0.25) is 0 Å². The molecule has 4 rings (SSSR count). The van der Waals surface area contributed by atoms with E-state index in [0.717, 1.165) is 19.3 Å². The molecule has 0 amide bonds. The van der Waals surface area contributed by atoms with Gasteiger partial charge in [-0.15, -0.1) is 6.58 Å². The van der Waals surface area contributed by atoms with Gasteiger partial charge in [-0.05, 0) is 42.0 Å². The van der Waals surface area contributed by atoms with Gasteiger partial charge in [0.15, 0.2) is 0 Å². The predicted molar refractivity (Wildman–Crippen MR) is 99.3 cm³/mol. The number of aromatic nitrogens is 1. The van der Waals surface area contributed by atoms with Gasteiger partial charge in [-0.25, -0.2) is 0 Å². The first-order valence-corrected chi connectivity index (χ1v) is 8.34. The first kappa shape index (κ1) is 14.1. The minimum Gasteiger partial charge on any atom is -0.355 e. The highest BCUT2D eigenvalue weighted by Gasteiger charge is 2.20. The third kappa shape index (κ3) is 2.43. The van der Waals surface area contributed by atoms with Crippen molar-refractivity contribution in [2.45, 2.75) is 19.3 Å². The Labute approximate surface area is 137 Å².